The second-order valence-electron chi connectivity index (χ2n) is 5.62. The fourth-order valence-electron chi connectivity index (χ4n) is 2.73. The van der Waals surface area contributed by atoms with E-state index in [9.17, 15) is 13.2 Å². The third-order valence-corrected chi connectivity index (χ3v) is 6.11. The number of carbonyl (C=O) groups excluding carboxylic acids is 1. The summed E-state index contributed by atoms with van der Waals surface area (Å²) in [7, 11) is -2.12. The number of ether oxygens (including phenoxy) is 1. The van der Waals surface area contributed by atoms with Gasteiger partial charge in [-0.1, -0.05) is 28.1 Å². The monoisotopic (exact) mass is 428 g/mol. The Bertz CT molecular complexity index is 904. The molecule has 1 heterocycles. The number of rotatable bonds is 6. The van der Waals surface area contributed by atoms with Crippen LogP contribution in [-0.2, 0) is 28.4 Å². The summed E-state index contributed by atoms with van der Waals surface area (Å²) in [4.78, 5) is 12.3. The molecular weight excluding hydrogens is 408 g/mol. The molecule has 0 aliphatic rings. The minimum absolute atomic E-state index is 0.119. The van der Waals surface area contributed by atoms with Crippen molar-refractivity contribution in [1.82, 2.24) is 9.29 Å². The van der Waals surface area contributed by atoms with Gasteiger partial charge in [0, 0.05) is 29.3 Å². The molecule has 2 rings (SSSR count). The van der Waals surface area contributed by atoms with Crippen molar-refractivity contribution in [1.29, 1.82) is 0 Å². The number of aromatic nitrogens is 1. The number of carbonyl (C=O) groups is 1. The molecule has 6 nitrogen and oxygen atoms in total. The highest BCUT2D eigenvalue weighted by Gasteiger charge is 2.29. The maximum absolute atomic E-state index is 12.8. The maximum atomic E-state index is 12.8. The minimum atomic E-state index is -3.78. The van der Waals surface area contributed by atoms with Gasteiger partial charge < -0.3 is 9.30 Å². The van der Waals surface area contributed by atoms with E-state index in [0.29, 0.717) is 11.3 Å². The van der Waals surface area contributed by atoms with Gasteiger partial charge in [-0.15, -0.1) is 0 Å². The fraction of sp³-hybridized carbons (Fsp3) is 0.353. The smallest absolute Gasteiger partial charge is 0.355 e. The van der Waals surface area contributed by atoms with Crippen LogP contribution in [0.15, 0.2) is 33.6 Å². The SMILES string of the molecule is CCOC(=O)c1c(C)c(S(=O)(=O)NCc2cccc(Br)c2)c(C)n1C. The predicted molar refractivity (Wildman–Crippen MR) is 99.0 cm³/mol. The van der Waals surface area contributed by atoms with Gasteiger partial charge in [-0.25, -0.2) is 17.9 Å². The lowest BCUT2D eigenvalue weighted by Crippen LogP contribution is -2.24. The van der Waals surface area contributed by atoms with Gasteiger partial charge in [-0.2, -0.15) is 0 Å². The number of hydrogen-bond acceptors (Lipinski definition) is 4. The zero-order valence-electron chi connectivity index (χ0n) is 14.6. The summed E-state index contributed by atoms with van der Waals surface area (Å²) >= 11 is 3.36. The van der Waals surface area contributed by atoms with Gasteiger partial charge >= 0.3 is 5.97 Å². The van der Waals surface area contributed by atoms with E-state index in [2.05, 4.69) is 20.7 Å². The number of esters is 1. The van der Waals surface area contributed by atoms with Crippen LogP contribution in [0.5, 0.6) is 0 Å². The fourth-order valence-corrected chi connectivity index (χ4v) is 4.71. The lowest BCUT2D eigenvalue weighted by molar-refractivity contribution is 0.0514. The second kappa shape index (κ2) is 7.72. The summed E-state index contributed by atoms with van der Waals surface area (Å²) < 4.78 is 35.6. The van der Waals surface area contributed by atoms with Crippen LogP contribution in [0.3, 0.4) is 0 Å². The first-order chi connectivity index (χ1) is 11.7. The van der Waals surface area contributed by atoms with Gasteiger partial charge in [-0.3, -0.25) is 0 Å². The molecule has 25 heavy (non-hydrogen) atoms. The van der Waals surface area contributed by atoms with Gasteiger partial charge in [0.15, 0.2) is 0 Å². The molecule has 0 saturated carbocycles. The average molecular weight is 429 g/mol. The normalized spacial score (nSPS) is 11.6. The largest absolute Gasteiger partial charge is 0.461 e. The molecular formula is C17H21BrN2O4S. The third kappa shape index (κ3) is 4.13. The average Bonchev–Trinajstić information content (AvgIpc) is 2.76. The first-order valence-corrected chi connectivity index (χ1v) is 10.0. The molecule has 0 radical (unpaired) electrons. The van der Waals surface area contributed by atoms with Crippen LogP contribution in [0.2, 0.25) is 0 Å². The maximum Gasteiger partial charge on any atom is 0.355 e. The Labute approximate surface area is 156 Å². The molecule has 1 N–H and O–H groups in total. The predicted octanol–water partition coefficient (Wildman–Crippen LogP) is 3.06. The highest BCUT2D eigenvalue weighted by atomic mass is 79.9. The Kier molecular flexibility index (Phi) is 6.08. The zero-order chi connectivity index (χ0) is 18.8. The number of nitrogens with one attached hydrogen (secondary N) is 1. The van der Waals surface area contributed by atoms with Crippen molar-refractivity contribution < 1.29 is 17.9 Å². The Morgan fingerprint density at radius 1 is 1.32 bits per heavy atom. The van der Waals surface area contributed by atoms with Crippen LogP contribution in [0.1, 0.15) is 34.2 Å². The Morgan fingerprint density at radius 3 is 2.60 bits per heavy atom. The van der Waals surface area contributed by atoms with Crippen LogP contribution in [0, 0.1) is 13.8 Å². The first-order valence-electron chi connectivity index (χ1n) is 7.76. The Hall–Kier alpha value is -1.64. The van der Waals surface area contributed by atoms with Crippen LogP contribution < -0.4 is 4.72 Å². The van der Waals surface area contributed by atoms with E-state index in [4.69, 9.17) is 4.74 Å². The molecule has 8 heteroatoms. The van der Waals surface area contributed by atoms with Crippen LogP contribution >= 0.6 is 15.9 Å². The number of benzene rings is 1. The van der Waals surface area contributed by atoms with Crippen LogP contribution in [0.4, 0.5) is 0 Å². The standard InChI is InChI=1S/C17H21BrN2O4S/c1-5-24-17(21)15-11(2)16(12(3)20(15)4)25(22,23)19-10-13-7-6-8-14(18)9-13/h6-9,19H,5,10H2,1-4H3. The zero-order valence-corrected chi connectivity index (χ0v) is 17.0. The molecule has 2 aromatic rings. The van der Waals surface area contributed by atoms with E-state index in [1.54, 1.807) is 32.4 Å². The van der Waals surface area contributed by atoms with Gasteiger partial charge in [-0.05, 0) is 38.5 Å². The highest BCUT2D eigenvalue weighted by Crippen LogP contribution is 2.26. The highest BCUT2D eigenvalue weighted by molar-refractivity contribution is 9.10. The van der Waals surface area contributed by atoms with E-state index >= 15 is 0 Å². The van der Waals surface area contributed by atoms with Crippen molar-refractivity contribution in [3.8, 4) is 0 Å². The molecule has 0 amide bonds. The van der Waals surface area contributed by atoms with Crippen molar-refractivity contribution in [2.75, 3.05) is 6.61 Å². The number of halogens is 1. The molecule has 1 aromatic carbocycles. The molecule has 0 saturated heterocycles. The molecule has 0 atom stereocenters. The molecule has 0 aliphatic heterocycles. The van der Waals surface area contributed by atoms with Gasteiger partial charge in [0.05, 0.1) is 6.61 Å². The van der Waals surface area contributed by atoms with E-state index in [1.807, 2.05) is 24.3 Å². The molecule has 0 unspecified atom stereocenters. The minimum Gasteiger partial charge on any atom is -0.461 e. The van der Waals surface area contributed by atoms with Crippen LogP contribution in [0.25, 0.3) is 0 Å². The van der Waals surface area contributed by atoms with Gasteiger partial charge in [0.25, 0.3) is 0 Å². The second-order valence-corrected chi connectivity index (χ2v) is 8.24. The lowest BCUT2D eigenvalue weighted by atomic mass is 10.2. The van der Waals surface area contributed by atoms with Crippen molar-refractivity contribution in [3.63, 3.8) is 0 Å². The van der Waals surface area contributed by atoms with Crippen molar-refractivity contribution in [3.05, 3.63) is 51.3 Å². The summed E-state index contributed by atoms with van der Waals surface area (Å²) in [5.41, 5.74) is 1.96. The summed E-state index contributed by atoms with van der Waals surface area (Å²) in [5.74, 6) is -0.529. The van der Waals surface area contributed by atoms with Crippen molar-refractivity contribution >= 4 is 31.9 Å². The Balaban J connectivity index is 2.36. The quantitative estimate of drug-likeness (QED) is 0.717. The van der Waals surface area contributed by atoms with Crippen molar-refractivity contribution in [2.45, 2.75) is 32.2 Å². The molecule has 1 aromatic heterocycles. The summed E-state index contributed by atoms with van der Waals surface area (Å²) in [5, 5.41) is 0. The first kappa shape index (κ1) is 19.7. The molecule has 0 bridgehead atoms. The third-order valence-electron chi connectivity index (χ3n) is 3.96. The van der Waals surface area contributed by atoms with Gasteiger partial charge in [0.2, 0.25) is 10.0 Å². The van der Waals surface area contributed by atoms with E-state index < -0.39 is 16.0 Å². The molecule has 0 fully saturated rings. The van der Waals surface area contributed by atoms with E-state index in [0.717, 1.165) is 10.0 Å². The summed E-state index contributed by atoms with van der Waals surface area (Å²) in [6, 6.07) is 7.39. The molecule has 0 aliphatic carbocycles. The van der Waals surface area contributed by atoms with E-state index in [-0.39, 0.29) is 23.7 Å². The van der Waals surface area contributed by atoms with Gasteiger partial charge in [0.1, 0.15) is 10.6 Å². The topological polar surface area (TPSA) is 77.4 Å². The molecule has 0 spiro atoms. The van der Waals surface area contributed by atoms with Crippen molar-refractivity contribution in [2.24, 2.45) is 7.05 Å². The number of nitrogens with zero attached hydrogens (tertiary/aromatic N) is 1. The van der Waals surface area contributed by atoms with Crippen LogP contribution in [-0.4, -0.2) is 25.6 Å². The lowest BCUT2D eigenvalue weighted by Gasteiger charge is -2.08. The number of sulfonamides is 1. The summed E-state index contributed by atoms with van der Waals surface area (Å²) in [6.45, 7) is 5.38. The van der Waals surface area contributed by atoms with E-state index in [1.165, 1.54) is 0 Å². The Morgan fingerprint density at radius 2 is 2.00 bits per heavy atom. The summed E-state index contributed by atoms with van der Waals surface area (Å²) in [6.07, 6.45) is 0. The molecule has 136 valence electrons. The number of hydrogen-bond donors (Lipinski definition) is 1.